The second-order valence-corrected chi connectivity index (χ2v) is 7.75. The Bertz CT molecular complexity index is 1130. The van der Waals surface area contributed by atoms with Gasteiger partial charge in [-0.25, -0.2) is 4.79 Å². The van der Waals surface area contributed by atoms with Gasteiger partial charge in [0.1, 0.15) is 0 Å². The molecule has 0 radical (unpaired) electrons. The highest BCUT2D eigenvalue weighted by molar-refractivity contribution is 5.98. The van der Waals surface area contributed by atoms with Gasteiger partial charge in [0, 0.05) is 17.8 Å². The van der Waals surface area contributed by atoms with Crippen LogP contribution < -0.4 is 10.6 Å². The van der Waals surface area contributed by atoms with Crippen LogP contribution in [0.1, 0.15) is 30.6 Å². The van der Waals surface area contributed by atoms with Crippen molar-refractivity contribution in [2.45, 2.75) is 32.0 Å². The van der Waals surface area contributed by atoms with Crippen LogP contribution in [0.4, 0.5) is 16.2 Å². The summed E-state index contributed by atoms with van der Waals surface area (Å²) in [5, 5.41) is 5.70. The molecule has 3 amide bonds. The van der Waals surface area contributed by atoms with Gasteiger partial charge in [0.15, 0.2) is 12.1 Å². The van der Waals surface area contributed by atoms with Gasteiger partial charge in [0.05, 0.1) is 6.54 Å². The van der Waals surface area contributed by atoms with Crippen molar-refractivity contribution in [2.24, 2.45) is 0 Å². The topological polar surface area (TPSA) is 87.7 Å². The molecule has 2 N–H and O–H groups in total. The van der Waals surface area contributed by atoms with E-state index in [2.05, 4.69) is 10.6 Å². The summed E-state index contributed by atoms with van der Waals surface area (Å²) in [7, 11) is 0. The van der Waals surface area contributed by atoms with Crippen molar-refractivity contribution >= 4 is 29.3 Å². The van der Waals surface area contributed by atoms with Gasteiger partial charge in [0.25, 0.3) is 5.91 Å². The van der Waals surface area contributed by atoms with Crippen molar-refractivity contribution in [1.29, 1.82) is 0 Å². The fraction of sp³-hybridized carbons (Fsp3) is 0.192. The van der Waals surface area contributed by atoms with Crippen molar-refractivity contribution in [2.75, 3.05) is 10.6 Å². The van der Waals surface area contributed by atoms with Crippen LogP contribution in [0.25, 0.3) is 0 Å². The largest absolute Gasteiger partial charge is 0.438 e. The molecule has 7 nitrogen and oxygen atoms in total. The predicted molar refractivity (Wildman–Crippen MR) is 125 cm³/mol. The Hall–Kier alpha value is -4.13. The van der Waals surface area contributed by atoms with Crippen molar-refractivity contribution < 1.29 is 19.1 Å². The lowest BCUT2D eigenvalue weighted by Gasteiger charge is -2.24. The summed E-state index contributed by atoms with van der Waals surface area (Å²) in [5.74, 6) is -0.476. The van der Waals surface area contributed by atoms with E-state index in [-0.39, 0.29) is 18.4 Å². The van der Waals surface area contributed by atoms with Crippen LogP contribution in [0.3, 0.4) is 0 Å². The highest BCUT2D eigenvalue weighted by Gasteiger charge is 2.47. The summed E-state index contributed by atoms with van der Waals surface area (Å²) in [5.41, 5.74) is 2.72. The van der Waals surface area contributed by atoms with E-state index < -0.39 is 18.2 Å². The number of ether oxygens (including phenoxy) is 1. The van der Waals surface area contributed by atoms with Gasteiger partial charge < -0.3 is 15.4 Å². The zero-order valence-electron chi connectivity index (χ0n) is 18.2. The van der Waals surface area contributed by atoms with Gasteiger partial charge in [0.2, 0.25) is 5.91 Å². The molecule has 168 valence electrons. The monoisotopic (exact) mass is 443 g/mol. The molecule has 1 fully saturated rings. The number of nitrogens with one attached hydrogen (secondary N) is 2. The molecule has 1 aliphatic rings. The van der Waals surface area contributed by atoms with Gasteiger partial charge in [-0.15, -0.1) is 0 Å². The van der Waals surface area contributed by atoms with Crippen molar-refractivity contribution in [3.63, 3.8) is 0 Å². The first-order chi connectivity index (χ1) is 16.0. The Morgan fingerprint density at radius 1 is 0.879 bits per heavy atom. The molecular formula is C26H25N3O4. The van der Waals surface area contributed by atoms with E-state index in [1.54, 1.807) is 43.3 Å². The molecule has 0 spiro atoms. The minimum atomic E-state index is -0.893. The first-order valence-electron chi connectivity index (χ1n) is 10.8. The number of cyclic esters (lactones) is 1. The summed E-state index contributed by atoms with van der Waals surface area (Å²) < 4.78 is 5.70. The second kappa shape index (κ2) is 9.99. The Labute approximate surface area is 192 Å². The van der Waals surface area contributed by atoms with Crippen LogP contribution in [-0.4, -0.2) is 28.8 Å². The lowest BCUT2D eigenvalue weighted by molar-refractivity contribution is -0.121. The van der Waals surface area contributed by atoms with E-state index in [1.807, 2.05) is 48.5 Å². The average molecular weight is 444 g/mol. The second-order valence-electron chi connectivity index (χ2n) is 7.75. The molecule has 3 aromatic carbocycles. The van der Waals surface area contributed by atoms with E-state index in [1.165, 1.54) is 4.90 Å². The highest BCUT2D eigenvalue weighted by atomic mass is 16.6. The van der Waals surface area contributed by atoms with Crippen LogP contribution in [0.5, 0.6) is 0 Å². The Kier molecular flexibility index (Phi) is 6.69. The van der Waals surface area contributed by atoms with Crippen LogP contribution >= 0.6 is 0 Å². The summed E-state index contributed by atoms with van der Waals surface area (Å²) >= 11 is 0. The van der Waals surface area contributed by atoms with Crippen molar-refractivity contribution in [3.05, 3.63) is 96.1 Å². The van der Waals surface area contributed by atoms with Crippen LogP contribution in [-0.2, 0) is 20.9 Å². The molecule has 0 saturated carbocycles. The number of benzene rings is 3. The van der Waals surface area contributed by atoms with Crippen LogP contribution in [0.2, 0.25) is 0 Å². The van der Waals surface area contributed by atoms with E-state index in [4.69, 9.17) is 4.74 Å². The third kappa shape index (κ3) is 5.20. The Morgan fingerprint density at radius 3 is 2.24 bits per heavy atom. The quantitative estimate of drug-likeness (QED) is 0.552. The van der Waals surface area contributed by atoms with Gasteiger partial charge >= 0.3 is 6.09 Å². The first-order valence-corrected chi connectivity index (χ1v) is 10.8. The zero-order chi connectivity index (χ0) is 23.2. The summed E-state index contributed by atoms with van der Waals surface area (Å²) in [6, 6.07) is 24.7. The normalized spacial score (nSPS) is 17.4. The van der Waals surface area contributed by atoms with Crippen molar-refractivity contribution in [1.82, 2.24) is 4.90 Å². The summed E-state index contributed by atoms with van der Waals surface area (Å²) in [4.78, 5) is 39.6. The molecule has 1 heterocycles. The van der Waals surface area contributed by atoms with Crippen LogP contribution in [0, 0.1) is 0 Å². The molecule has 0 aromatic heterocycles. The van der Waals surface area contributed by atoms with E-state index in [0.29, 0.717) is 23.4 Å². The summed E-state index contributed by atoms with van der Waals surface area (Å²) in [6.45, 7) is 2.00. The van der Waals surface area contributed by atoms with Gasteiger partial charge in [-0.3, -0.25) is 14.5 Å². The number of nitrogens with zero attached hydrogens (tertiary/aromatic N) is 1. The molecule has 2 unspecified atom stereocenters. The number of carbonyl (C=O) groups is 3. The number of amides is 3. The molecule has 0 aliphatic carbocycles. The molecule has 7 heteroatoms. The number of hydrogen-bond donors (Lipinski definition) is 2. The molecule has 1 saturated heterocycles. The first kappa shape index (κ1) is 22.1. The van der Waals surface area contributed by atoms with Gasteiger partial charge in [-0.05, 0) is 35.4 Å². The Morgan fingerprint density at radius 2 is 1.55 bits per heavy atom. The fourth-order valence-electron chi connectivity index (χ4n) is 3.77. The highest BCUT2D eigenvalue weighted by Crippen LogP contribution is 2.35. The number of para-hydroxylation sites is 1. The molecule has 4 rings (SSSR count). The summed E-state index contributed by atoms with van der Waals surface area (Å²) in [6.07, 6.45) is -1.06. The third-order valence-corrected chi connectivity index (χ3v) is 5.41. The maximum absolute atomic E-state index is 13.4. The minimum absolute atomic E-state index is 0.125. The van der Waals surface area contributed by atoms with E-state index in [9.17, 15) is 14.4 Å². The maximum Gasteiger partial charge on any atom is 0.411 e. The fourth-order valence-corrected chi connectivity index (χ4v) is 3.77. The minimum Gasteiger partial charge on any atom is -0.438 e. The molecular weight excluding hydrogens is 418 g/mol. The number of hydrogen-bond acceptors (Lipinski definition) is 4. The smallest absolute Gasteiger partial charge is 0.411 e. The third-order valence-electron chi connectivity index (χ3n) is 5.41. The van der Waals surface area contributed by atoms with E-state index in [0.717, 1.165) is 5.56 Å². The maximum atomic E-state index is 13.4. The average Bonchev–Trinajstić information content (AvgIpc) is 3.16. The SMILES string of the molecule is CCC(=O)Nc1cccc(C2OC(=O)N(Cc3ccccc3)C2C(=O)Nc2ccccc2)c1. The molecule has 2 atom stereocenters. The number of rotatable bonds is 7. The van der Waals surface area contributed by atoms with Crippen molar-refractivity contribution in [3.8, 4) is 0 Å². The molecule has 3 aromatic rings. The predicted octanol–water partition coefficient (Wildman–Crippen LogP) is 4.74. The number of carbonyl (C=O) groups excluding carboxylic acids is 3. The Balaban J connectivity index is 1.66. The zero-order valence-corrected chi connectivity index (χ0v) is 18.2. The van der Waals surface area contributed by atoms with Crippen LogP contribution in [0.15, 0.2) is 84.9 Å². The van der Waals surface area contributed by atoms with E-state index >= 15 is 0 Å². The molecule has 1 aliphatic heterocycles. The van der Waals surface area contributed by atoms with Gasteiger partial charge in [-0.2, -0.15) is 0 Å². The molecule has 0 bridgehead atoms. The van der Waals surface area contributed by atoms with Gasteiger partial charge in [-0.1, -0.05) is 67.6 Å². The number of anilines is 2. The molecule has 33 heavy (non-hydrogen) atoms. The standard InChI is InChI=1S/C26H25N3O4/c1-2-22(30)27-21-15-9-12-19(16-21)24-23(25(31)28-20-13-7-4-8-14-20)29(26(32)33-24)17-18-10-5-3-6-11-18/h3-16,23-24H,2,17H2,1H3,(H,27,30)(H,28,31). The lowest BCUT2D eigenvalue weighted by atomic mass is 10.00. The lowest BCUT2D eigenvalue weighted by Crippen LogP contribution is -2.43.